The quantitative estimate of drug-likeness (QED) is 0.905. The molecule has 1 N–H and O–H groups in total. The average Bonchev–Trinajstić information content (AvgIpc) is 3.04. The molecule has 0 fully saturated rings. The molecular formula is C13H16N2O3S3. The highest BCUT2D eigenvalue weighted by Crippen LogP contribution is 2.24. The van der Waals surface area contributed by atoms with Crippen molar-refractivity contribution in [2.75, 3.05) is 14.1 Å². The predicted molar refractivity (Wildman–Crippen MR) is 85.4 cm³/mol. The van der Waals surface area contributed by atoms with Gasteiger partial charge < -0.3 is 5.32 Å². The van der Waals surface area contributed by atoms with E-state index in [0.29, 0.717) is 11.4 Å². The first-order valence-electron chi connectivity index (χ1n) is 6.16. The van der Waals surface area contributed by atoms with Gasteiger partial charge in [0.2, 0.25) is 0 Å². The van der Waals surface area contributed by atoms with Gasteiger partial charge in [-0.3, -0.25) is 4.79 Å². The normalized spacial score (nSPS) is 11.8. The van der Waals surface area contributed by atoms with Gasteiger partial charge in [0.05, 0.1) is 11.4 Å². The van der Waals surface area contributed by atoms with Crippen LogP contribution in [0.2, 0.25) is 0 Å². The summed E-state index contributed by atoms with van der Waals surface area (Å²) in [6.07, 6.45) is 0. The van der Waals surface area contributed by atoms with Crippen molar-refractivity contribution in [1.82, 2.24) is 9.62 Å². The number of nitrogens with zero attached hydrogens (tertiary/aromatic N) is 1. The number of carbonyl (C=O) groups excluding carboxylic acids is 1. The van der Waals surface area contributed by atoms with Crippen LogP contribution in [0, 0.1) is 6.92 Å². The minimum atomic E-state index is -3.40. The maximum Gasteiger partial charge on any atom is 0.261 e. The van der Waals surface area contributed by atoms with Crippen molar-refractivity contribution in [2.45, 2.75) is 17.7 Å². The van der Waals surface area contributed by atoms with E-state index in [1.165, 1.54) is 41.1 Å². The highest BCUT2D eigenvalue weighted by molar-refractivity contribution is 7.91. The van der Waals surface area contributed by atoms with E-state index in [4.69, 9.17) is 0 Å². The molecule has 0 radical (unpaired) electrons. The third kappa shape index (κ3) is 3.52. The lowest BCUT2D eigenvalue weighted by Crippen LogP contribution is -2.22. The average molecular weight is 344 g/mol. The van der Waals surface area contributed by atoms with Crippen LogP contribution in [0.3, 0.4) is 0 Å². The van der Waals surface area contributed by atoms with Gasteiger partial charge in [-0.2, -0.15) is 0 Å². The number of hydrogen-bond donors (Lipinski definition) is 1. The van der Waals surface area contributed by atoms with Gasteiger partial charge in [0.1, 0.15) is 4.21 Å². The molecule has 0 aliphatic heterocycles. The van der Waals surface area contributed by atoms with E-state index in [1.807, 2.05) is 18.4 Å². The smallest absolute Gasteiger partial charge is 0.261 e. The van der Waals surface area contributed by atoms with E-state index in [-0.39, 0.29) is 10.1 Å². The lowest BCUT2D eigenvalue weighted by atomic mass is 10.3. The first kappa shape index (κ1) is 16.2. The summed E-state index contributed by atoms with van der Waals surface area (Å²) in [4.78, 5) is 13.5. The second kappa shape index (κ2) is 6.27. The largest absolute Gasteiger partial charge is 0.346 e. The number of carbonyl (C=O) groups is 1. The Kier molecular flexibility index (Phi) is 4.82. The summed E-state index contributed by atoms with van der Waals surface area (Å²) in [5.41, 5.74) is 0.944. The molecule has 21 heavy (non-hydrogen) atoms. The Bertz CT molecular complexity index is 744. The molecule has 0 bridgehead atoms. The SMILES string of the molecule is Cc1ccsc1C(=O)NCc1ccc(S(=O)(=O)N(C)C)s1. The minimum Gasteiger partial charge on any atom is -0.346 e. The van der Waals surface area contributed by atoms with Crippen LogP contribution < -0.4 is 5.32 Å². The van der Waals surface area contributed by atoms with Gasteiger partial charge in [-0.15, -0.1) is 22.7 Å². The van der Waals surface area contributed by atoms with Crippen molar-refractivity contribution >= 4 is 38.6 Å². The molecule has 114 valence electrons. The van der Waals surface area contributed by atoms with Crippen molar-refractivity contribution in [1.29, 1.82) is 0 Å². The zero-order valence-corrected chi connectivity index (χ0v) is 14.4. The van der Waals surface area contributed by atoms with E-state index < -0.39 is 10.0 Å². The molecule has 8 heteroatoms. The van der Waals surface area contributed by atoms with Crippen LogP contribution in [0.15, 0.2) is 27.8 Å². The molecule has 0 atom stereocenters. The molecule has 0 saturated heterocycles. The van der Waals surface area contributed by atoms with Gasteiger partial charge in [-0.1, -0.05) is 0 Å². The molecular weight excluding hydrogens is 328 g/mol. The fourth-order valence-electron chi connectivity index (χ4n) is 1.62. The molecule has 0 aliphatic rings. The monoisotopic (exact) mass is 344 g/mol. The molecule has 2 aromatic rings. The van der Waals surface area contributed by atoms with Crippen molar-refractivity contribution in [3.05, 3.63) is 38.9 Å². The molecule has 1 amide bonds. The number of sulfonamides is 1. The summed E-state index contributed by atoms with van der Waals surface area (Å²) in [6.45, 7) is 2.21. The molecule has 0 unspecified atom stereocenters. The van der Waals surface area contributed by atoms with Gasteiger partial charge in [0, 0.05) is 19.0 Å². The van der Waals surface area contributed by atoms with E-state index in [1.54, 1.807) is 12.1 Å². The summed E-state index contributed by atoms with van der Waals surface area (Å²) in [5, 5.41) is 4.68. The predicted octanol–water partition coefficient (Wildman–Crippen LogP) is 2.30. The molecule has 2 aromatic heterocycles. The topological polar surface area (TPSA) is 66.5 Å². The fraction of sp³-hybridized carbons (Fsp3) is 0.308. The lowest BCUT2D eigenvalue weighted by molar-refractivity contribution is 0.0955. The Morgan fingerprint density at radius 2 is 2.00 bits per heavy atom. The van der Waals surface area contributed by atoms with Crippen LogP contribution in [0.25, 0.3) is 0 Å². The molecule has 0 spiro atoms. The highest BCUT2D eigenvalue weighted by atomic mass is 32.2. The zero-order valence-electron chi connectivity index (χ0n) is 11.9. The van der Waals surface area contributed by atoms with Crippen LogP contribution in [0.4, 0.5) is 0 Å². The van der Waals surface area contributed by atoms with Crippen LogP contribution in [0.1, 0.15) is 20.1 Å². The Morgan fingerprint density at radius 1 is 1.29 bits per heavy atom. The van der Waals surface area contributed by atoms with Gasteiger partial charge >= 0.3 is 0 Å². The van der Waals surface area contributed by atoms with E-state index in [2.05, 4.69) is 5.32 Å². The van der Waals surface area contributed by atoms with Crippen molar-refractivity contribution in [3.8, 4) is 0 Å². The van der Waals surface area contributed by atoms with Gasteiger partial charge in [-0.05, 0) is 36.1 Å². The van der Waals surface area contributed by atoms with E-state index in [9.17, 15) is 13.2 Å². The molecule has 5 nitrogen and oxygen atoms in total. The summed E-state index contributed by atoms with van der Waals surface area (Å²) in [7, 11) is -0.411. The fourth-order valence-corrected chi connectivity index (χ4v) is 4.93. The molecule has 0 aliphatic carbocycles. The van der Waals surface area contributed by atoms with E-state index >= 15 is 0 Å². The Hall–Kier alpha value is -1.22. The number of thiophene rings is 2. The lowest BCUT2D eigenvalue weighted by Gasteiger charge is -2.08. The van der Waals surface area contributed by atoms with Crippen LogP contribution in [0.5, 0.6) is 0 Å². The summed E-state index contributed by atoms with van der Waals surface area (Å²) in [6, 6.07) is 5.19. The second-order valence-electron chi connectivity index (χ2n) is 4.62. The number of aryl methyl sites for hydroxylation is 1. The number of nitrogens with one attached hydrogen (secondary N) is 1. The van der Waals surface area contributed by atoms with Gasteiger partial charge in [0.25, 0.3) is 15.9 Å². The van der Waals surface area contributed by atoms with Crippen LogP contribution >= 0.6 is 22.7 Å². The summed E-state index contributed by atoms with van der Waals surface area (Å²) < 4.78 is 25.4. The number of amides is 1. The third-order valence-electron chi connectivity index (χ3n) is 2.86. The maximum absolute atomic E-state index is 12.0. The Balaban J connectivity index is 2.04. The molecule has 2 rings (SSSR count). The Morgan fingerprint density at radius 3 is 2.57 bits per heavy atom. The standard InChI is InChI=1S/C13H16N2O3S3/c1-9-6-7-19-12(9)13(16)14-8-10-4-5-11(20-10)21(17,18)15(2)3/h4-7H,8H2,1-3H3,(H,14,16). The van der Waals surface area contributed by atoms with Crippen LogP contribution in [-0.2, 0) is 16.6 Å². The summed E-state index contributed by atoms with van der Waals surface area (Å²) in [5.74, 6) is -0.132. The summed E-state index contributed by atoms with van der Waals surface area (Å²) >= 11 is 2.57. The highest BCUT2D eigenvalue weighted by Gasteiger charge is 2.19. The molecule has 0 saturated carbocycles. The van der Waals surface area contributed by atoms with E-state index in [0.717, 1.165) is 10.4 Å². The minimum absolute atomic E-state index is 0.132. The van der Waals surface area contributed by atoms with Crippen molar-refractivity contribution in [3.63, 3.8) is 0 Å². The zero-order chi connectivity index (χ0) is 15.6. The first-order valence-corrected chi connectivity index (χ1v) is 9.29. The van der Waals surface area contributed by atoms with Crippen LogP contribution in [-0.4, -0.2) is 32.7 Å². The third-order valence-corrected chi connectivity index (χ3v) is 7.25. The molecule has 0 aromatic carbocycles. The van der Waals surface area contributed by atoms with Crippen molar-refractivity contribution < 1.29 is 13.2 Å². The second-order valence-corrected chi connectivity index (χ2v) is 9.09. The maximum atomic E-state index is 12.0. The molecule has 2 heterocycles. The number of hydrogen-bond acceptors (Lipinski definition) is 5. The number of rotatable bonds is 5. The van der Waals surface area contributed by atoms with Gasteiger partial charge in [0.15, 0.2) is 0 Å². The van der Waals surface area contributed by atoms with Crippen molar-refractivity contribution in [2.24, 2.45) is 0 Å². The van der Waals surface area contributed by atoms with Gasteiger partial charge in [-0.25, -0.2) is 12.7 Å². The Labute approximate surface area is 132 Å². The first-order chi connectivity index (χ1) is 9.82.